The molecular formula is C17H16ClN5O. The van der Waals surface area contributed by atoms with Crippen molar-refractivity contribution in [2.24, 2.45) is 0 Å². The summed E-state index contributed by atoms with van der Waals surface area (Å²) in [6.07, 6.45) is 5.56. The topological polar surface area (TPSA) is 73.9 Å². The number of halogens is 1. The second-order valence-electron chi connectivity index (χ2n) is 5.76. The van der Waals surface area contributed by atoms with Crippen molar-refractivity contribution < 1.29 is 4.79 Å². The van der Waals surface area contributed by atoms with Crippen LogP contribution in [0, 0.1) is 0 Å². The van der Waals surface area contributed by atoms with E-state index in [2.05, 4.69) is 25.2 Å². The van der Waals surface area contributed by atoms with Gasteiger partial charge in [0.2, 0.25) is 5.95 Å². The zero-order chi connectivity index (χ0) is 16.5. The SMILES string of the molecule is O=C(Nc1cccc2cc[nH]c12)c1nc(N2CCCC2)ncc1Cl. The van der Waals surface area contributed by atoms with Gasteiger partial charge in [-0.3, -0.25) is 4.79 Å². The number of fused-ring (bicyclic) bond motifs is 1. The van der Waals surface area contributed by atoms with Gasteiger partial charge in [-0.25, -0.2) is 9.97 Å². The van der Waals surface area contributed by atoms with Crippen LogP contribution in [0.4, 0.5) is 11.6 Å². The number of carbonyl (C=O) groups is 1. The van der Waals surface area contributed by atoms with Gasteiger partial charge in [0.1, 0.15) is 0 Å². The lowest BCUT2D eigenvalue weighted by molar-refractivity contribution is 0.102. The molecule has 6 nitrogen and oxygen atoms in total. The van der Waals surface area contributed by atoms with Crippen molar-refractivity contribution in [3.05, 3.63) is 47.4 Å². The highest BCUT2D eigenvalue weighted by Gasteiger charge is 2.20. The number of aromatic nitrogens is 3. The van der Waals surface area contributed by atoms with Crippen LogP contribution in [0.5, 0.6) is 0 Å². The third-order valence-corrected chi connectivity index (χ3v) is 4.45. The van der Waals surface area contributed by atoms with Gasteiger partial charge in [-0.1, -0.05) is 23.7 Å². The normalized spacial score (nSPS) is 14.3. The molecule has 1 fully saturated rings. The molecule has 1 aromatic carbocycles. The molecule has 122 valence electrons. The average molecular weight is 342 g/mol. The van der Waals surface area contributed by atoms with Crippen molar-refractivity contribution in [2.45, 2.75) is 12.8 Å². The van der Waals surface area contributed by atoms with Crippen molar-refractivity contribution >= 4 is 40.0 Å². The maximum absolute atomic E-state index is 12.6. The summed E-state index contributed by atoms with van der Waals surface area (Å²) < 4.78 is 0. The fourth-order valence-electron chi connectivity index (χ4n) is 2.96. The first-order chi connectivity index (χ1) is 11.7. The minimum absolute atomic E-state index is 0.192. The molecule has 0 bridgehead atoms. The van der Waals surface area contributed by atoms with Crippen LogP contribution >= 0.6 is 11.6 Å². The average Bonchev–Trinajstić information content (AvgIpc) is 3.27. The monoisotopic (exact) mass is 341 g/mol. The fourth-order valence-corrected chi connectivity index (χ4v) is 3.13. The predicted molar refractivity (Wildman–Crippen MR) is 94.7 cm³/mol. The van der Waals surface area contributed by atoms with E-state index in [4.69, 9.17) is 11.6 Å². The number of carbonyl (C=O) groups excluding carboxylic acids is 1. The van der Waals surface area contributed by atoms with Gasteiger partial charge >= 0.3 is 0 Å². The van der Waals surface area contributed by atoms with Crippen LogP contribution in [-0.2, 0) is 0 Å². The summed E-state index contributed by atoms with van der Waals surface area (Å²) in [6, 6.07) is 7.66. The van der Waals surface area contributed by atoms with Gasteiger partial charge in [0.25, 0.3) is 5.91 Å². The highest BCUT2D eigenvalue weighted by Crippen LogP contribution is 2.24. The molecule has 4 rings (SSSR count). The number of hydrogen-bond acceptors (Lipinski definition) is 4. The Morgan fingerprint density at radius 3 is 2.92 bits per heavy atom. The number of para-hydroxylation sites is 1. The van der Waals surface area contributed by atoms with E-state index in [1.54, 1.807) is 0 Å². The zero-order valence-electron chi connectivity index (χ0n) is 12.9. The lowest BCUT2D eigenvalue weighted by atomic mass is 10.2. The summed E-state index contributed by atoms with van der Waals surface area (Å²) >= 11 is 6.15. The molecule has 0 unspecified atom stereocenters. The van der Waals surface area contributed by atoms with E-state index < -0.39 is 0 Å². The number of amides is 1. The number of nitrogens with zero attached hydrogens (tertiary/aromatic N) is 3. The van der Waals surface area contributed by atoms with E-state index >= 15 is 0 Å². The maximum Gasteiger partial charge on any atom is 0.276 e. The summed E-state index contributed by atoms with van der Waals surface area (Å²) in [6.45, 7) is 1.81. The van der Waals surface area contributed by atoms with Crippen molar-refractivity contribution in [2.75, 3.05) is 23.3 Å². The van der Waals surface area contributed by atoms with Gasteiger partial charge in [0, 0.05) is 24.7 Å². The van der Waals surface area contributed by atoms with Crippen molar-refractivity contribution in [1.82, 2.24) is 15.0 Å². The molecule has 0 atom stereocenters. The van der Waals surface area contributed by atoms with Crippen LogP contribution in [0.3, 0.4) is 0 Å². The van der Waals surface area contributed by atoms with Crippen LogP contribution < -0.4 is 10.2 Å². The van der Waals surface area contributed by atoms with Crippen LogP contribution in [-0.4, -0.2) is 33.9 Å². The minimum atomic E-state index is -0.343. The first kappa shape index (κ1) is 15.0. The Balaban J connectivity index is 1.64. The fraction of sp³-hybridized carbons (Fsp3) is 0.235. The third-order valence-electron chi connectivity index (χ3n) is 4.17. The van der Waals surface area contributed by atoms with E-state index in [1.807, 2.05) is 30.5 Å². The molecule has 1 saturated heterocycles. The molecule has 1 amide bonds. The van der Waals surface area contributed by atoms with Gasteiger partial charge in [-0.15, -0.1) is 0 Å². The van der Waals surface area contributed by atoms with Crippen molar-refractivity contribution in [1.29, 1.82) is 0 Å². The molecule has 7 heteroatoms. The summed E-state index contributed by atoms with van der Waals surface area (Å²) in [5, 5.41) is 4.15. The van der Waals surface area contributed by atoms with Gasteiger partial charge < -0.3 is 15.2 Å². The first-order valence-electron chi connectivity index (χ1n) is 7.87. The molecule has 1 aliphatic rings. The lowest BCUT2D eigenvalue weighted by Gasteiger charge is -2.16. The van der Waals surface area contributed by atoms with Gasteiger partial charge in [0.15, 0.2) is 5.69 Å². The number of H-pyrrole nitrogens is 1. The molecule has 24 heavy (non-hydrogen) atoms. The molecule has 0 aliphatic carbocycles. The Labute approximate surface area is 143 Å². The number of rotatable bonds is 3. The Hall–Kier alpha value is -2.60. The molecular weight excluding hydrogens is 326 g/mol. The van der Waals surface area contributed by atoms with Crippen LogP contribution in [0.25, 0.3) is 10.9 Å². The standard InChI is InChI=1S/C17H16ClN5O/c18-12-10-20-17(23-8-1-2-9-23)22-15(12)16(24)21-13-5-3-4-11-6-7-19-14(11)13/h3-7,10,19H,1-2,8-9H2,(H,21,24). The predicted octanol–water partition coefficient (Wildman–Crippen LogP) is 3.46. The molecule has 1 aliphatic heterocycles. The zero-order valence-corrected chi connectivity index (χ0v) is 13.7. The number of hydrogen-bond donors (Lipinski definition) is 2. The first-order valence-corrected chi connectivity index (χ1v) is 8.25. The van der Waals surface area contributed by atoms with Crippen molar-refractivity contribution in [3.8, 4) is 0 Å². The maximum atomic E-state index is 12.6. The van der Waals surface area contributed by atoms with E-state index in [1.165, 1.54) is 6.20 Å². The second-order valence-corrected chi connectivity index (χ2v) is 6.17. The molecule has 3 aromatic rings. The molecule has 0 radical (unpaired) electrons. The third kappa shape index (κ3) is 2.69. The van der Waals surface area contributed by atoms with Crippen LogP contribution in [0.1, 0.15) is 23.3 Å². The van der Waals surface area contributed by atoms with Crippen LogP contribution in [0.15, 0.2) is 36.7 Å². The number of benzene rings is 1. The van der Waals surface area contributed by atoms with Gasteiger partial charge in [-0.05, 0) is 25.0 Å². The van der Waals surface area contributed by atoms with Gasteiger partial charge in [-0.2, -0.15) is 0 Å². The van der Waals surface area contributed by atoms with Crippen LogP contribution in [0.2, 0.25) is 5.02 Å². The number of aromatic amines is 1. The largest absolute Gasteiger partial charge is 0.359 e. The van der Waals surface area contributed by atoms with E-state index in [9.17, 15) is 4.79 Å². The Morgan fingerprint density at radius 2 is 2.08 bits per heavy atom. The smallest absolute Gasteiger partial charge is 0.276 e. The summed E-state index contributed by atoms with van der Waals surface area (Å²) in [5.41, 5.74) is 1.76. The summed E-state index contributed by atoms with van der Waals surface area (Å²) in [7, 11) is 0. The Morgan fingerprint density at radius 1 is 1.25 bits per heavy atom. The lowest BCUT2D eigenvalue weighted by Crippen LogP contribution is -2.23. The highest BCUT2D eigenvalue weighted by molar-refractivity contribution is 6.34. The second kappa shape index (κ2) is 6.13. The quantitative estimate of drug-likeness (QED) is 0.765. The Kier molecular flexibility index (Phi) is 3.82. The Bertz CT molecular complexity index is 901. The van der Waals surface area contributed by atoms with E-state index in [0.717, 1.165) is 36.8 Å². The molecule has 3 heterocycles. The molecule has 2 aromatic heterocycles. The molecule has 0 spiro atoms. The van der Waals surface area contributed by atoms with E-state index in [-0.39, 0.29) is 16.6 Å². The number of anilines is 2. The number of nitrogens with one attached hydrogen (secondary N) is 2. The molecule has 2 N–H and O–H groups in total. The van der Waals surface area contributed by atoms with Crippen molar-refractivity contribution in [3.63, 3.8) is 0 Å². The highest BCUT2D eigenvalue weighted by atomic mass is 35.5. The van der Waals surface area contributed by atoms with E-state index in [0.29, 0.717) is 11.6 Å². The molecule has 0 saturated carbocycles. The summed E-state index contributed by atoms with van der Waals surface area (Å²) in [4.78, 5) is 26.5. The minimum Gasteiger partial charge on any atom is -0.359 e. The summed E-state index contributed by atoms with van der Waals surface area (Å²) in [5.74, 6) is 0.213. The van der Waals surface area contributed by atoms with Gasteiger partial charge in [0.05, 0.1) is 22.4 Å².